The molecular formula is C11H14ClNO6S. The summed E-state index contributed by atoms with van der Waals surface area (Å²) in [7, 11) is -3.97. The van der Waals surface area contributed by atoms with Gasteiger partial charge < -0.3 is 15.3 Å². The number of hydrogen-bond donors (Lipinski definition) is 4. The van der Waals surface area contributed by atoms with Gasteiger partial charge in [-0.15, -0.1) is 0 Å². The lowest BCUT2D eigenvalue weighted by Gasteiger charge is -2.20. The maximum Gasteiger partial charge on any atom is 0.337 e. The molecule has 0 aliphatic rings. The van der Waals surface area contributed by atoms with Crippen molar-refractivity contribution >= 4 is 27.6 Å². The molecule has 4 N–H and O–H groups in total. The Morgan fingerprint density at radius 2 is 2.05 bits per heavy atom. The van der Waals surface area contributed by atoms with Gasteiger partial charge in [0.05, 0.1) is 27.7 Å². The van der Waals surface area contributed by atoms with Crippen molar-refractivity contribution in [3.8, 4) is 0 Å². The largest absolute Gasteiger partial charge is 0.478 e. The molecule has 0 saturated heterocycles. The molecule has 1 atom stereocenters. The van der Waals surface area contributed by atoms with Crippen molar-refractivity contribution in [3.63, 3.8) is 0 Å². The van der Waals surface area contributed by atoms with E-state index in [1.807, 2.05) is 0 Å². The Kier molecular flexibility index (Phi) is 5.11. The Labute approximate surface area is 120 Å². The Morgan fingerprint density at radius 1 is 1.45 bits per heavy atom. The minimum atomic E-state index is -3.97. The highest BCUT2D eigenvalue weighted by molar-refractivity contribution is 7.89. The number of aliphatic hydroxyl groups excluding tert-OH is 1. The summed E-state index contributed by atoms with van der Waals surface area (Å²) in [5, 5.41) is 26.9. The highest BCUT2D eigenvalue weighted by atomic mass is 35.5. The number of aliphatic hydroxyl groups is 2. The van der Waals surface area contributed by atoms with Crippen LogP contribution < -0.4 is 4.72 Å². The van der Waals surface area contributed by atoms with Crippen LogP contribution in [0.3, 0.4) is 0 Å². The van der Waals surface area contributed by atoms with Crippen molar-refractivity contribution in [2.75, 3.05) is 13.2 Å². The zero-order chi connectivity index (χ0) is 15.6. The minimum Gasteiger partial charge on any atom is -0.478 e. The van der Waals surface area contributed by atoms with Crippen LogP contribution in [-0.4, -0.2) is 48.5 Å². The summed E-state index contributed by atoms with van der Waals surface area (Å²) in [5.74, 6) is -1.27. The molecule has 1 aromatic rings. The van der Waals surface area contributed by atoms with Crippen LogP contribution in [-0.2, 0) is 10.0 Å². The predicted octanol–water partition coefficient (Wildman–Crippen LogP) is 0.0598. The second-order valence-corrected chi connectivity index (χ2v) is 6.60. The van der Waals surface area contributed by atoms with E-state index in [-0.39, 0.29) is 15.5 Å². The van der Waals surface area contributed by atoms with Gasteiger partial charge in [0.15, 0.2) is 0 Å². The molecule has 0 spiro atoms. The maximum atomic E-state index is 11.9. The van der Waals surface area contributed by atoms with Gasteiger partial charge in [-0.2, -0.15) is 0 Å². The van der Waals surface area contributed by atoms with Crippen LogP contribution in [0.1, 0.15) is 17.3 Å². The van der Waals surface area contributed by atoms with E-state index in [0.717, 1.165) is 18.2 Å². The van der Waals surface area contributed by atoms with Gasteiger partial charge in [0.2, 0.25) is 10.0 Å². The summed E-state index contributed by atoms with van der Waals surface area (Å²) < 4.78 is 25.9. The van der Waals surface area contributed by atoms with Gasteiger partial charge in [-0.3, -0.25) is 0 Å². The van der Waals surface area contributed by atoms with Crippen LogP contribution in [0.15, 0.2) is 23.1 Å². The first-order valence-electron chi connectivity index (χ1n) is 5.45. The van der Waals surface area contributed by atoms with Crippen LogP contribution in [0, 0.1) is 0 Å². The zero-order valence-electron chi connectivity index (χ0n) is 10.5. The number of sulfonamides is 1. The van der Waals surface area contributed by atoms with Crippen molar-refractivity contribution in [2.24, 2.45) is 0 Å². The lowest BCUT2D eigenvalue weighted by atomic mass is 10.1. The number of benzene rings is 1. The third kappa shape index (κ3) is 4.15. The van der Waals surface area contributed by atoms with Crippen molar-refractivity contribution in [3.05, 3.63) is 28.8 Å². The number of carboxylic acid groups (broad SMARTS) is 1. The van der Waals surface area contributed by atoms with E-state index in [1.54, 1.807) is 0 Å². The van der Waals surface area contributed by atoms with Gasteiger partial charge in [-0.25, -0.2) is 17.9 Å². The van der Waals surface area contributed by atoms with E-state index in [1.165, 1.54) is 6.92 Å². The van der Waals surface area contributed by atoms with Crippen LogP contribution in [0.4, 0.5) is 0 Å². The van der Waals surface area contributed by atoms with E-state index >= 15 is 0 Å². The Hall–Kier alpha value is -1.19. The number of hydrogen-bond acceptors (Lipinski definition) is 5. The molecule has 7 nitrogen and oxygen atoms in total. The first-order chi connectivity index (χ1) is 9.09. The van der Waals surface area contributed by atoms with Crippen LogP contribution >= 0.6 is 11.6 Å². The molecule has 0 amide bonds. The van der Waals surface area contributed by atoms with Crippen LogP contribution in [0.25, 0.3) is 0 Å². The fraction of sp³-hybridized carbons (Fsp3) is 0.364. The summed E-state index contributed by atoms with van der Waals surface area (Å²) in [6.45, 7) is 0.244. The lowest BCUT2D eigenvalue weighted by Crippen LogP contribution is -2.43. The molecule has 0 aliphatic heterocycles. The molecule has 0 aromatic heterocycles. The smallest absolute Gasteiger partial charge is 0.337 e. The van der Waals surface area contributed by atoms with Gasteiger partial charge in [0.1, 0.15) is 0 Å². The van der Waals surface area contributed by atoms with Crippen LogP contribution in [0.5, 0.6) is 0 Å². The van der Waals surface area contributed by atoms with Gasteiger partial charge in [0.25, 0.3) is 0 Å². The average molecular weight is 324 g/mol. The normalized spacial score (nSPS) is 14.8. The fourth-order valence-corrected chi connectivity index (χ4v) is 2.74. The molecule has 20 heavy (non-hydrogen) atoms. The summed E-state index contributed by atoms with van der Waals surface area (Å²) in [4.78, 5) is 10.5. The average Bonchev–Trinajstić information content (AvgIpc) is 2.36. The SMILES string of the molecule is CC(O)(CO)CNS(=O)(=O)c1ccc(C(=O)O)c(Cl)c1. The van der Waals surface area contributed by atoms with E-state index in [2.05, 4.69) is 4.72 Å². The molecule has 9 heteroatoms. The van der Waals surface area contributed by atoms with E-state index in [9.17, 15) is 18.3 Å². The quantitative estimate of drug-likeness (QED) is 0.587. The predicted molar refractivity (Wildman–Crippen MR) is 71.3 cm³/mol. The summed E-state index contributed by atoms with van der Waals surface area (Å²) in [5.41, 5.74) is -1.81. The number of aromatic carboxylic acids is 1. The molecule has 1 rings (SSSR count). The number of halogens is 1. The number of rotatable bonds is 6. The summed E-state index contributed by atoms with van der Waals surface area (Å²) >= 11 is 5.69. The second kappa shape index (κ2) is 6.06. The van der Waals surface area contributed by atoms with Crippen molar-refractivity contribution < 1.29 is 28.5 Å². The summed E-state index contributed by atoms with van der Waals surface area (Å²) in [6, 6.07) is 3.16. The number of carbonyl (C=O) groups is 1. The standard InChI is InChI=1S/C11H14ClNO6S/c1-11(17,6-14)5-13-20(18,19)7-2-3-8(10(15)16)9(12)4-7/h2-4,13-14,17H,5-6H2,1H3,(H,15,16). The van der Waals surface area contributed by atoms with Crippen LogP contribution in [0.2, 0.25) is 5.02 Å². The Balaban J connectivity index is 2.99. The lowest BCUT2D eigenvalue weighted by molar-refractivity contribution is 0.00681. The third-order valence-electron chi connectivity index (χ3n) is 2.46. The highest BCUT2D eigenvalue weighted by Gasteiger charge is 2.24. The van der Waals surface area contributed by atoms with Crippen molar-refractivity contribution in [1.82, 2.24) is 4.72 Å². The fourth-order valence-electron chi connectivity index (χ4n) is 1.23. The van der Waals surface area contributed by atoms with E-state index in [0.29, 0.717) is 0 Å². The molecule has 112 valence electrons. The maximum absolute atomic E-state index is 11.9. The molecule has 0 aliphatic carbocycles. The van der Waals surface area contributed by atoms with Gasteiger partial charge in [-0.1, -0.05) is 11.6 Å². The van der Waals surface area contributed by atoms with Crippen molar-refractivity contribution in [1.29, 1.82) is 0 Å². The first kappa shape index (κ1) is 16.9. The molecule has 0 saturated carbocycles. The molecule has 0 heterocycles. The monoisotopic (exact) mass is 323 g/mol. The topological polar surface area (TPSA) is 124 Å². The van der Waals surface area contributed by atoms with Crippen molar-refractivity contribution in [2.45, 2.75) is 17.4 Å². The number of nitrogens with one attached hydrogen (secondary N) is 1. The molecule has 1 unspecified atom stereocenters. The Morgan fingerprint density at radius 3 is 2.50 bits per heavy atom. The molecule has 0 bridgehead atoms. The second-order valence-electron chi connectivity index (χ2n) is 4.43. The van der Waals surface area contributed by atoms with Gasteiger partial charge in [-0.05, 0) is 25.1 Å². The highest BCUT2D eigenvalue weighted by Crippen LogP contribution is 2.21. The molecule has 0 fully saturated rings. The van der Waals surface area contributed by atoms with E-state index in [4.69, 9.17) is 21.8 Å². The molecule has 0 radical (unpaired) electrons. The zero-order valence-corrected chi connectivity index (χ0v) is 12.1. The van der Waals surface area contributed by atoms with E-state index < -0.39 is 34.7 Å². The molecule has 1 aromatic carbocycles. The number of carboxylic acids is 1. The van der Waals surface area contributed by atoms with Gasteiger partial charge >= 0.3 is 5.97 Å². The first-order valence-corrected chi connectivity index (χ1v) is 7.31. The summed E-state index contributed by atoms with van der Waals surface area (Å²) in [6.07, 6.45) is 0. The third-order valence-corrected chi connectivity index (χ3v) is 4.18. The minimum absolute atomic E-state index is 0.214. The molecular weight excluding hydrogens is 310 g/mol. The van der Waals surface area contributed by atoms with Gasteiger partial charge in [0, 0.05) is 6.54 Å². The Bertz CT molecular complexity index is 613.